The summed E-state index contributed by atoms with van der Waals surface area (Å²) in [4.78, 5) is 0.202. The first kappa shape index (κ1) is 14.0. The van der Waals surface area contributed by atoms with Crippen LogP contribution in [-0.2, 0) is 10.0 Å². The monoisotopic (exact) mass is 258 g/mol. The molecule has 0 heterocycles. The first-order valence-electron chi connectivity index (χ1n) is 5.41. The highest BCUT2D eigenvalue weighted by atomic mass is 32.2. The Morgan fingerprint density at radius 1 is 1.41 bits per heavy atom. The Kier molecular flexibility index (Phi) is 4.50. The number of likely N-dealkylation sites (N-methyl/N-ethyl adjacent to an activating group) is 1. The van der Waals surface area contributed by atoms with Gasteiger partial charge in [0.15, 0.2) is 0 Å². The molecule has 1 aromatic carbocycles. The Morgan fingerprint density at radius 2 is 2.06 bits per heavy atom. The Morgan fingerprint density at radius 3 is 2.59 bits per heavy atom. The maximum atomic E-state index is 12.3. The Bertz CT molecular complexity index is 485. The fraction of sp³-hybridized carbons (Fsp3) is 0.455. The molecule has 17 heavy (non-hydrogen) atoms. The van der Waals surface area contributed by atoms with Crippen LogP contribution in [0.15, 0.2) is 23.1 Å². The van der Waals surface area contributed by atoms with Crippen LogP contribution in [0.1, 0.15) is 12.5 Å². The van der Waals surface area contributed by atoms with Gasteiger partial charge in [-0.2, -0.15) is 4.31 Å². The lowest BCUT2D eigenvalue weighted by atomic mass is 10.2. The van der Waals surface area contributed by atoms with Crippen molar-refractivity contribution in [2.24, 2.45) is 0 Å². The Hall–Kier alpha value is -1.11. The molecule has 1 aromatic rings. The molecule has 0 atom stereocenters. The van der Waals surface area contributed by atoms with Crippen LogP contribution in [0.4, 0.5) is 5.69 Å². The lowest BCUT2D eigenvalue weighted by molar-refractivity contribution is 0.257. The van der Waals surface area contributed by atoms with E-state index in [2.05, 4.69) is 0 Å². The molecule has 96 valence electrons. The van der Waals surface area contributed by atoms with Crippen molar-refractivity contribution in [3.63, 3.8) is 0 Å². The van der Waals surface area contributed by atoms with Crippen LogP contribution in [0.3, 0.4) is 0 Å². The number of aliphatic hydroxyl groups is 1. The molecule has 0 saturated heterocycles. The summed E-state index contributed by atoms with van der Waals surface area (Å²) in [7, 11) is -3.57. The average molecular weight is 258 g/mol. The van der Waals surface area contributed by atoms with Crippen molar-refractivity contribution in [1.29, 1.82) is 0 Å². The molecule has 0 aliphatic carbocycles. The summed E-state index contributed by atoms with van der Waals surface area (Å²) in [6.45, 7) is 3.61. The molecule has 0 fully saturated rings. The number of anilines is 1. The van der Waals surface area contributed by atoms with Gasteiger partial charge in [0.2, 0.25) is 10.0 Å². The van der Waals surface area contributed by atoms with E-state index in [4.69, 9.17) is 10.8 Å². The van der Waals surface area contributed by atoms with Crippen molar-refractivity contribution in [2.45, 2.75) is 18.7 Å². The molecule has 0 aliphatic heterocycles. The molecule has 1 rings (SSSR count). The topological polar surface area (TPSA) is 83.6 Å². The maximum Gasteiger partial charge on any atom is 0.243 e. The minimum atomic E-state index is -3.57. The van der Waals surface area contributed by atoms with E-state index in [1.165, 1.54) is 10.4 Å². The van der Waals surface area contributed by atoms with E-state index in [0.717, 1.165) is 0 Å². The normalized spacial score (nSPS) is 12.0. The number of rotatable bonds is 5. The highest BCUT2D eigenvalue weighted by molar-refractivity contribution is 7.89. The van der Waals surface area contributed by atoms with Crippen LogP contribution in [0.5, 0.6) is 0 Å². The zero-order valence-corrected chi connectivity index (χ0v) is 10.9. The molecule has 0 bridgehead atoms. The summed E-state index contributed by atoms with van der Waals surface area (Å²) < 4.78 is 25.8. The molecule has 0 unspecified atom stereocenters. The van der Waals surface area contributed by atoms with Gasteiger partial charge in [-0.3, -0.25) is 0 Å². The minimum absolute atomic E-state index is 0.0903. The van der Waals surface area contributed by atoms with E-state index in [0.29, 0.717) is 17.8 Å². The van der Waals surface area contributed by atoms with Gasteiger partial charge in [-0.1, -0.05) is 13.0 Å². The summed E-state index contributed by atoms with van der Waals surface area (Å²) in [5, 5.41) is 8.87. The number of benzene rings is 1. The predicted octanol–water partition coefficient (Wildman–Crippen LogP) is 0.580. The Labute approximate surface area is 102 Å². The standard InChI is InChI=1S/C11H18N2O3S/c1-3-13(7-8-14)17(15,16)11-6-4-5-10(12)9(11)2/h4-6,14H,3,7-8,12H2,1-2H3. The molecule has 0 radical (unpaired) electrons. The number of aliphatic hydroxyl groups excluding tert-OH is 1. The predicted molar refractivity (Wildman–Crippen MR) is 67.1 cm³/mol. The van der Waals surface area contributed by atoms with Crippen LogP contribution in [-0.4, -0.2) is 37.5 Å². The summed E-state index contributed by atoms with van der Waals surface area (Å²) in [6.07, 6.45) is 0. The quantitative estimate of drug-likeness (QED) is 0.757. The van der Waals surface area contributed by atoms with Crippen LogP contribution < -0.4 is 5.73 Å². The van der Waals surface area contributed by atoms with Crippen LogP contribution in [0.25, 0.3) is 0 Å². The van der Waals surface area contributed by atoms with Crippen molar-refractivity contribution in [1.82, 2.24) is 4.31 Å². The van der Waals surface area contributed by atoms with Crippen LogP contribution >= 0.6 is 0 Å². The first-order chi connectivity index (χ1) is 7.95. The largest absolute Gasteiger partial charge is 0.398 e. The van der Waals surface area contributed by atoms with Gasteiger partial charge in [-0.25, -0.2) is 8.42 Å². The van der Waals surface area contributed by atoms with Gasteiger partial charge in [-0.15, -0.1) is 0 Å². The third-order valence-electron chi connectivity index (χ3n) is 2.65. The molecule has 5 nitrogen and oxygen atoms in total. The number of nitrogen functional groups attached to an aromatic ring is 1. The van der Waals surface area contributed by atoms with Gasteiger partial charge in [0.25, 0.3) is 0 Å². The fourth-order valence-corrected chi connectivity index (χ4v) is 3.31. The van der Waals surface area contributed by atoms with Gasteiger partial charge in [0.05, 0.1) is 11.5 Å². The average Bonchev–Trinajstić information content (AvgIpc) is 2.29. The van der Waals surface area contributed by atoms with E-state index in [-0.39, 0.29) is 18.0 Å². The molecule has 0 amide bonds. The van der Waals surface area contributed by atoms with Crippen molar-refractivity contribution in [3.8, 4) is 0 Å². The number of nitrogens with zero attached hydrogens (tertiary/aromatic N) is 1. The number of nitrogens with two attached hydrogens (primary N) is 1. The van der Waals surface area contributed by atoms with Crippen molar-refractivity contribution >= 4 is 15.7 Å². The molecule has 0 saturated carbocycles. The van der Waals surface area contributed by atoms with Crippen LogP contribution in [0.2, 0.25) is 0 Å². The Balaban J connectivity index is 3.25. The molecule has 0 aliphatic rings. The van der Waals surface area contributed by atoms with Crippen molar-refractivity contribution in [3.05, 3.63) is 23.8 Å². The highest BCUT2D eigenvalue weighted by Gasteiger charge is 2.24. The SMILES string of the molecule is CCN(CCO)S(=O)(=O)c1cccc(N)c1C. The fourth-order valence-electron chi connectivity index (χ4n) is 1.61. The minimum Gasteiger partial charge on any atom is -0.398 e. The van der Waals surface area contributed by atoms with Gasteiger partial charge >= 0.3 is 0 Å². The molecule has 0 aromatic heterocycles. The zero-order valence-electron chi connectivity index (χ0n) is 10.0. The van der Waals surface area contributed by atoms with E-state index < -0.39 is 10.0 Å². The second kappa shape index (κ2) is 5.48. The van der Waals surface area contributed by atoms with Crippen LogP contribution in [0, 0.1) is 6.92 Å². The smallest absolute Gasteiger partial charge is 0.243 e. The number of hydrogen-bond acceptors (Lipinski definition) is 4. The lowest BCUT2D eigenvalue weighted by Crippen LogP contribution is -2.33. The summed E-state index contributed by atoms with van der Waals surface area (Å²) in [5.74, 6) is 0. The second-order valence-corrected chi connectivity index (χ2v) is 5.60. The van der Waals surface area contributed by atoms with Crippen molar-refractivity contribution < 1.29 is 13.5 Å². The summed E-state index contributed by atoms with van der Waals surface area (Å²) >= 11 is 0. The van der Waals surface area contributed by atoms with E-state index in [1.54, 1.807) is 26.0 Å². The van der Waals surface area contributed by atoms with E-state index in [9.17, 15) is 8.42 Å². The van der Waals surface area contributed by atoms with E-state index in [1.807, 2.05) is 0 Å². The molecule has 3 N–H and O–H groups in total. The van der Waals surface area contributed by atoms with Crippen molar-refractivity contribution in [2.75, 3.05) is 25.4 Å². The third-order valence-corrected chi connectivity index (χ3v) is 4.76. The molecule has 6 heteroatoms. The zero-order chi connectivity index (χ0) is 13.1. The molecular formula is C11H18N2O3S. The lowest BCUT2D eigenvalue weighted by Gasteiger charge is -2.20. The number of hydrogen-bond donors (Lipinski definition) is 2. The highest BCUT2D eigenvalue weighted by Crippen LogP contribution is 2.23. The maximum absolute atomic E-state index is 12.3. The van der Waals surface area contributed by atoms with Gasteiger partial charge in [0.1, 0.15) is 0 Å². The third kappa shape index (κ3) is 2.77. The van der Waals surface area contributed by atoms with Gasteiger partial charge < -0.3 is 10.8 Å². The summed E-state index contributed by atoms with van der Waals surface area (Å²) in [5.41, 5.74) is 6.70. The molecular weight excluding hydrogens is 240 g/mol. The van der Waals surface area contributed by atoms with Gasteiger partial charge in [0, 0.05) is 18.8 Å². The second-order valence-electron chi connectivity index (χ2n) is 3.69. The summed E-state index contributed by atoms with van der Waals surface area (Å²) in [6, 6.07) is 4.81. The number of sulfonamides is 1. The first-order valence-corrected chi connectivity index (χ1v) is 6.85. The van der Waals surface area contributed by atoms with E-state index >= 15 is 0 Å². The van der Waals surface area contributed by atoms with Gasteiger partial charge in [-0.05, 0) is 24.6 Å². The molecule has 0 spiro atoms.